The quantitative estimate of drug-likeness (QED) is 0.308. The first-order valence-electron chi connectivity index (χ1n) is 10.4. The first-order valence-corrected chi connectivity index (χ1v) is 10.4. The number of ketones is 1. The van der Waals surface area contributed by atoms with E-state index in [0.29, 0.717) is 28.7 Å². The summed E-state index contributed by atoms with van der Waals surface area (Å²) in [6.07, 6.45) is 5.14. The van der Waals surface area contributed by atoms with Gasteiger partial charge in [0.15, 0.2) is 11.6 Å². The van der Waals surface area contributed by atoms with E-state index in [4.69, 9.17) is 16.5 Å². The second kappa shape index (κ2) is 8.62. The van der Waals surface area contributed by atoms with Crippen LogP contribution in [-0.2, 0) is 0 Å². The molecule has 0 radical (unpaired) electrons. The first kappa shape index (κ1) is 21.8. The summed E-state index contributed by atoms with van der Waals surface area (Å²) in [6.45, 7) is 7.15. The molecule has 4 aromatic rings. The number of imidazole rings is 1. The summed E-state index contributed by atoms with van der Waals surface area (Å²) in [6, 6.07) is 11.3. The fourth-order valence-corrected chi connectivity index (χ4v) is 3.55. The van der Waals surface area contributed by atoms with Crippen LogP contribution in [0.15, 0.2) is 66.4 Å². The monoisotopic (exact) mass is 442 g/mol. The van der Waals surface area contributed by atoms with Gasteiger partial charge in [0, 0.05) is 17.1 Å². The summed E-state index contributed by atoms with van der Waals surface area (Å²) in [7, 11) is 0. The Bertz CT molecular complexity index is 1420. The zero-order chi connectivity index (χ0) is 23.7. The van der Waals surface area contributed by atoms with Crippen LogP contribution in [0.5, 0.6) is 0 Å². The van der Waals surface area contributed by atoms with Gasteiger partial charge in [-0.05, 0) is 76.2 Å². The Morgan fingerprint density at radius 1 is 1.06 bits per heavy atom. The van der Waals surface area contributed by atoms with Crippen LogP contribution in [0, 0.1) is 13.8 Å². The number of benzene rings is 1. The lowest BCUT2D eigenvalue weighted by molar-refractivity contribution is 0.101. The minimum Gasteiger partial charge on any atom is -0.402 e. The number of hydrogen-bond donors (Lipinski definition) is 3. The van der Waals surface area contributed by atoms with Crippen LogP contribution in [0.3, 0.4) is 0 Å². The third-order valence-electron chi connectivity index (χ3n) is 5.06. The number of aromatic nitrogens is 5. The van der Waals surface area contributed by atoms with E-state index in [-0.39, 0.29) is 5.78 Å². The first-order chi connectivity index (χ1) is 15.7. The predicted molar refractivity (Wildman–Crippen MR) is 129 cm³/mol. The fourth-order valence-electron chi connectivity index (χ4n) is 3.55. The smallest absolute Gasteiger partial charge is 0.166 e. The zero-order valence-corrected chi connectivity index (χ0v) is 19.0. The van der Waals surface area contributed by atoms with Gasteiger partial charge in [0.2, 0.25) is 0 Å². The third-order valence-corrected chi connectivity index (χ3v) is 5.06. The summed E-state index contributed by atoms with van der Waals surface area (Å²) in [4.78, 5) is 21.6. The molecule has 0 saturated carbocycles. The predicted octanol–water partition coefficient (Wildman–Crippen LogP) is 3.50. The van der Waals surface area contributed by atoms with Crippen molar-refractivity contribution in [3.63, 3.8) is 0 Å². The van der Waals surface area contributed by atoms with E-state index in [9.17, 15) is 4.79 Å². The van der Waals surface area contributed by atoms with Crippen molar-refractivity contribution in [1.82, 2.24) is 24.3 Å². The van der Waals surface area contributed by atoms with Gasteiger partial charge in [-0.1, -0.05) is 0 Å². The maximum atomic E-state index is 12.3. The number of allylic oxidation sites excluding steroid dienone is 3. The SMILES string of the molecule is CC(=O)c1ccc(-n2cnc3ccc(N/C(N)=C/C=C(/C)N)cc32)nc1-n1nc(C)cc1C. The van der Waals surface area contributed by atoms with Gasteiger partial charge in [0.25, 0.3) is 0 Å². The summed E-state index contributed by atoms with van der Waals surface area (Å²) >= 11 is 0. The fraction of sp³-hybridized carbons (Fsp3) is 0.167. The summed E-state index contributed by atoms with van der Waals surface area (Å²) in [5, 5.41) is 7.67. The van der Waals surface area contributed by atoms with Gasteiger partial charge in [-0.2, -0.15) is 5.10 Å². The Labute approximate surface area is 191 Å². The number of anilines is 1. The van der Waals surface area contributed by atoms with Gasteiger partial charge in [0.1, 0.15) is 18.0 Å². The van der Waals surface area contributed by atoms with Crippen molar-refractivity contribution in [3.8, 4) is 11.6 Å². The maximum absolute atomic E-state index is 12.3. The van der Waals surface area contributed by atoms with E-state index in [2.05, 4.69) is 15.4 Å². The molecule has 3 heterocycles. The number of rotatable bonds is 6. The molecule has 0 fully saturated rings. The van der Waals surface area contributed by atoms with E-state index in [1.165, 1.54) is 6.92 Å². The minimum atomic E-state index is -0.0809. The lowest BCUT2D eigenvalue weighted by atomic mass is 10.2. The van der Waals surface area contributed by atoms with Gasteiger partial charge in [-0.15, -0.1) is 0 Å². The minimum absolute atomic E-state index is 0.0809. The van der Waals surface area contributed by atoms with Crippen molar-refractivity contribution in [1.29, 1.82) is 0 Å². The molecule has 0 saturated heterocycles. The van der Waals surface area contributed by atoms with Crippen molar-refractivity contribution in [3.05, 3.63) is 83.3 Å². The van der Waals surface area contributed by atoms with Gasteiger partial charge in [0.05, 0.1) is 22.3 Å². The van der Waals surface area contributed by atoms with Crippen molar-refractivity contribution in [2.75, 3.05) is 5.32 Å². The zero-order valence-electron chi connectivity index (χ0n) is 19.0. The Morgan fingerprint density at radius 3 is 2.52 bits per heavy atom. The Kier molecular flexibility index (Phi) is 5.70. The summed E-state index contributed by atoms with van der Waals surface area (Å²) in [5.41, 5.74) is 17.0. The molecular formula is C24H26N8O. The molecule has 0 aliphatic carbocycles. The van der Waals surface area contributed by atoms with Crippen molar-refractivity contribution in [2.45, 2.75) is 27.7 Å². The van der Waals surface area contributed by atoms with Gasteiger partial charge in [-0.3, -0.25) is 9.36 Å². The highest BCUT2D eigenvalue weighted by molar-refractivity contribution is 5.97. The number of carbonyl (C=O) groups is 1. The molecule has 0 atom stereocenters. The molecule has 0 unspecified atom stereocenters. The van der Waals surface area contributed by atoms with Crippen molar-refractivity contribution < 1.29 is 4.79 Å². The van der Waals surface area contributed by atoms with Crippen molar-refractivity contribution in [2.24, 2.45) is 11.5 Å². The molecule has 33 heavy (non-hydrogen) atoms. The van der Waals surface area contributed by atoms with Gasteiger partial charge < -0.3 is 16.8 Å². The largest absolute Gasteiger partial charge is 0.402 e. The van der Waals surface area contributed by atoms with Crippen LogP contribution in [0.1, 0.15) is 35.6 Å². The normalized spacial score (nSPS) is 12.4. The highest BCUT2D eigenvalue weighted by Crippen LogP contribution is 2.24. The van der Waals surface area contributed by atoms with E-state index in [1.54, 1.807) is 42.2 Å². The Hall–Kier alpha value is -4.40. The number of aryl methyl sites for hydroxylation is 2. The van der Waals surface area contributed by atoms with Crippen LogP contribution >= 0.6 is 0 Å². The Balaban J connectivity index is 1.80. The van der Waals surface area contributed by atoms with Crippen LogP contribution in [0.25, 0.3) is 22.7 Å². The number of nitrogens with two attached hydrogens (primary N) is 2. The molecule has 4 rings (SSSR count). The molecule has 9 nitrogen and oxygen atoms in total. The maximum Gasteiger partial charge on any atom is 0.166 e. The van der Waals surface area contributed by atoms with Crippen LogP contribution in [0.2, 0.25) is 0 Å². The second-order valence-corrected chi connectivity index (χ2v) is 7.91. The molecule has 9 heteroatoms. The molecule has 1 aromatic carbocycles. The average molecular weight is 443 g/mol. The van der Waals surface area contributed by atoms with E-state index < -0.39 is 0 Å². The van der Waals surface area contributed by atoms with E-state index >= 15 is 0 Å². The lowest BCUT2D eigenvalue weighted by Crippen LogP contribution is -2.11. The summed E-state index contributed by atoms with van der Waals surface area (Å²) in [5.74, 6) is 1.48. The highest BCUT2D eigenvalue weighted by Gasteiger charge is 2.17. The molecule has 3 aromatic heterocycles. The molecule has 168 valence electrons. The molecule has 0 aliphatic rings. The highest BCUT2D eigenvalue weighted by atomic mass is 16.1. The molecule has 5 N–H and O–H groups in total. The number of carbonyl (C=O) groups excluding carboxylic acids is 1. The lowest BCUT2D eigenvalue weighted by Gasteiger charge is -2.12. The molecular weight excluding hydrogens is 416 g/mol. The number of nitrogens with one attached hydrogen (secondary N) is 1. The number of fused-ring (bicyclic) bond motifs is 1. The number of pyridine rings is 1. The van der Waals surface area contributed by atoms with Crippen LogP contribution in [-0.4, -0.2) is 30.1 Å². The van der Waals surface area contributed by atoms with E-state index in [1.807, 2.05) is 42.7 Å². The van der Waals surface area contributed by atoms with Gasteiger partial charge >= 0.3 is 0 Å². The standard InChI is InChI=1S/C24H26N8O/c1-14(25)5-9-22(26)28-18-6-8-20-21(12-18)31(13-27-20)23-10-7-19(17(4)33)24(29-23)32-16(3)11-15(2)30-32/h5-13,28H,25-26H2,1-4H3/b14-5-,22-9+. The molecule has 0 amide bonds. The third kappa shape index (κ3) is 4.47. The number of nitrogens with zero attached hydrogens (tertiary/aromatic N) is 5. The van der Waals surface area contributed by atoms with Crippen LogP contribution < -0.4 is 16.8 Å². The topological polar surface area (TPSA) is 130 Å². The van der Waals surface area contributed by atoms with Gasteiger partial charge in [-0.25, -0.2) is 14.6 Å². The average Bonchev–Trinajstić information content (AvgIpc) is 3.33. The number of hydrogen-bond acceptors (Lipinski definition) is 7. The molecule has 0 spiro atoms. The summed E-state index contributed by atoms with van der Waals surface area (Å²) < 4.78 is 3.56. The van der Waals surface area contributed by atoms with Crippen molar-refractivity contribution >= 4 is 22.5 Å². The molecule has 0 aliphatic heterocycles. The van der Waals surface area contributed by atoms with Crippen LogP contribution in [0.4, 0.5) is 5.69 Å². The van der Waals surface area contributed by atoms with E-state index in [0.717, 1.165) is 28.1 Å². The molecule has 0 bridgehead atoms. The number of Topliss-reactive ketones (excluding diaryl/α,β-unsaturated/α-hetero) is 1. The Morgan fingerprint density at radius 2 is 1.85 bits per heavy atom. The second-order valence-electron chi connectivity index (χ2n) is 7.91.